The van der Waals surface area contributed by atoms with Crippen molar-refractivity contribution in [3.05, 3.63) is 60.2 Å². The van der Waals surface area contributed by atoms with Gasteiger partial charge in [-0.2, -0.15) is 0 Å². The molecule has 2 N–H and O–H groups in total. The molecule has 0 spiro atoms. The second-order valence-electron chi connectivity index (χ2n) is 6.26. The van der Waals surface area contributed by atoms with Crippen molar-refractivity contribution in [1.29, 1.82) is 0 Å². The summed E-state index contributed by atoms with van der Waals surface area (Å²) in [7, 11) is 1.76. The Morgan fingerprint density at radius 2 is 1.92 bits per heavy atom. The first kappa shape index (κ1) is 17.3. The first-order chi connectivity index (χ1) is 12.2. The van der Waals surface area contributed by atoms with E-state index in [0.29, 0.717) is 12.6 Å². The van der Waals surface area contributed by atoms with Crippen LogP contribution in [0, 0.1) is 0 Å². The van der Waals surface area contributed by atoms with E-state index in [4.69, 9.17) is 4.74 Å². The molecule has 25 heavy (non-hydrogen) atoms. The Morgan fingerprint density at radius 3 is 2.60 bits per heavy atom. The van der Waals surface area contributed by atoms with E-state index in [0.717, 1.165) is 37.3 Å². The minimum absolute atomic E-state index is 0.177. The average Bonchev–Trinajstić information content (AvgIpc) is 3.12. The smallest absolute Gasteiger partial charge is 0.319 e. The molecule has 1 atom stereocenters. The van der Waals surface area contributed by atoms with Crippen molar-refractivity contribution in [2.75, 3.05) is 37.0 Å². The number of benzene rings is 2. The second kappa shape index (κ2) is 8.53. The fourth-order valence-electron chi connectivity index (χ4n) is 3.05. The van der Waals surface area contributed by atoms with Gasteiger partial charge in [0.25, 0.3) is 0 Å². The summed E-state index contributed by atoms with van der Waals surface area (Å²) in [6.45, 7) is 2.54. The van der Waals surface area contributed by atoms with Gasteiger partial charge in [0, 0.05) is 38.1 Å². The van der Waals surface area contributed by atoms with Crippen molar-refractivity contribution < 1.29 is 9.53 Å². The van der Waals surface area contributed by atoms with E-state index in [1.54, 1.807) is 7.11 Å². The topological polar surface area (TPSA) is 53.6 Å². The quantitative estimate of drug-likeness (QED) is 0.849. The molecule has 0 bridgehead atoms. The van der Waals surface area contributed by atoms with Crippen LogP contribution in [0.1, 0.15) is 12.0 Å². The number of ether oxygens (including phenoxy) is 1. The van der Waals surface area contributed by atoms with Gasteiger partial charge in [0.2, 0.25) is 0 Å². The van der Waals surface area contributed by atoms with Gasteiger partial charge in [-0.05, 0) is 42.7 Å². The van der Waals surface area contributed by atoms with Crippen molar-refractivity contribution in [2.45, 2.75) is 18.9 Å². The van der Waals surface area contributed by atoms with Crippen LogP contribution in [0.2, 0.25) is 0 Å². The Balaban J connectivity index is 1.44. The number of hydrogen-bond donors (Lipinski definition) is 2. The SMILES string of the molecule is CO[C@@H]1CCN(c2ccc(NC(=O)NCCc3ccccc3)cc2)C1. The molecule has 3 rings (SSSR count). The van der Waals surface area contributed by atoms with E-state index in [-0.39, 0.29) is 6.03 Å². The van der Waals surface area contributed by atoms with Crippen molar-refractivity contribution in [3.63, 3.8) is 0 Å². The van der Waals surface area contributed by atoms with E-state index < -0.39 is 0 Å². The van der Waals surface area contributed by atoms with E-state index in [1.807, 2.05) is 42.5 Å². The molecule has 1 aliphatic heterocycles. The van der Waals surface area contributed by atoms with Crippen molar-refractivity contribution in [3.8, 4) is 0 Å². The van der Waals surface area contributed by atoms with Gasteiger partial charge >= 0.3 is 6.03 Å². The monoisotopic (exact) mass is 339 g/mol. The summed E-state index contributed by atoms with van der Waals surface area (Å²) in [5.74, 6) is 0. The van der Waals surface area contributed by atoms with Crippen LogP contribution >= 0.6 is 0 Å². The number of nitrogens with zero attached hydrogens (tertiary/aromatic N) is 1. The molecule has 0 radical (unpaired) electrons. The fraction of sp³-hybridized carbons (Fsp3) is 0.350. The molecule has 0 aromatic heterocycles. The third kappa shape index (κ3) is 4.97. The molecule has 2 aromatic carbocycles. The molecule has 0 saturated carbocycles. The number of nitrogens with one attached hydrogen (secondary N) is 2. The lowest BCUT2D eigenvalue weighted by Crippen LogP contribution is -2.30. The summed E-state index contributed by atoms with van der Waals surface area (Å²) in [6, 6.07) is 17.9. The van der Waals surface area contributed by atoms with Crippen molar-refractivity contribution in [2.24, 2.45) is 0 Å². The number of amides is 2. The molecule has 1 aliphatic rings. The molecule has 2 amide bonds. The number of hydrogen-bond acceptors (Lipinski definition) is 3. The second-order valence-corrected chi connectivity index (χ2v) is 6.26. The summed E-state index contributed by atoms with van der Waals surface area (Å²) >= 11 is 0. The zero-order valence-corrected chi connectivity index (χ0v) is 14.6. The Labute approximate surface area is 149 Å². The molecule has 1 fully saturated rings. The summed E-state index contributed by atoms with van der Waals surface area (Å²) in [6.07, 6.45) is 2.19. The first-order valence-corrected chi connectivity index (χ1v) is 8.71. The van der Waals surface area contributed by atoms with E-state index in [9.17, 15) is 4.79 Å². The van der Waals surface area contributed by atoms with Crippen LogP contribution in [0.5, 0.6) is 0 Å². The molecule has 1 heterocycles. The Bertz CT molecular complexity index is 673. The van der Waals surface area contributed by atoms with Crippen LogP contribution < -0.4 is 15.5 Å². The molecule has 0 unspecified atom stereocenters. The first-order valence-electron chi connectivity index (χ1n) is 8.71. The average molecular weight is 339 g/mol. The van der Waals surface area contributed by atoms with Gasteiger partial charge in [0.15, 0.2) is 0 Å². The number of rotatable bonds is 6. The van der Waals surface area contributed by atoms with Crippen LogP contribution in [-0.4, -0.2) is 38.9 Å². The van der Waals surface area contributed by atoms with Crippen LogP contribution in [-0.2, 0) is 11.2 Å². The Kier molecular flexibility index (Phi) is 5.90. The van der Waals surface area contributed by atoms with Gasteiger partial charge < -0.3 is 20.3 Å². The maximum Gasteiger partial charge on any atom is 0.319 e. The van der Waals surface area contributed by atoms with E-state index in [2.05, 4.69) is 27.7 Å². The highest BCUT2D eigenvalue weighted by molar-refractivity contribution is 5.89. The maximum atomic E-state index is 12.0. The highest BCUT2D eigenvalue weighted by Crippen LogP contribution is 2.23. The molecule has 1 saturated heterocycles. The number of carbonyl (C=O) groups is 1. The van der Waals surface area contributed by atoms with Crippen LogP contribution in [0.25, 0.3) is 0 Å². The normalized spacial score (nSPS) is 16.7. The van der Waals surface area contributed by atoms with Gasteiger partial charge in [-0.1, -0.05) is 30.3 Å². The van der Waals surface area contributed by atoms with Gasteiger partial charge in [0.1, 0.15) is 0 Å². The van der Waals surface area contributed by atoms with Crippen molar-refractivity contribution >= 4 is 17.4 Å². The minimum atomic E-state index is -0.177. The van der Waals surface area contributed by atoms with Gasteiger partial charge in [-0.3, -0.25) is 0 Å². The number of urea groups is 1. The fourth-order valence-corrected chi connectivity index (χ4v) is 3.05. The van der Waals surface area contributed by atoms with Crippen LogP contribution in [0.4, 0.5) is 16.2 Å². The van der Waals surface area contributed by atoms with Gasteiger partial charge in [-0.25, -0.2) is 4.79 Å². The summed E-state index contributed by atoms with van der Waals surface area (Å²) in [4.78, 5) is 14.3. The Morgan fingerprint density at radius 1 is 1.16 bits per heavy atom. The van der Waals surface area contributed by atoms with Gasteiger partial charge in [0.05, 0.1) is 6.10 Å². The standard InChI is InChI=1S/C20H25N3O2/c1-25-19-12-14-23(15-19)18-9-7-17(8-10-18)22-20(24)21-13-11-16-5-3-2-4-6-16/h2-10,19H,11-15H2,1H3,(H2,21,22,24)/t19-/m1/s1. The zero-order chi connectivity index (χ0) is 17.5. The molecular weight excluding hydrogens is 314 g/mol. The summed E-state index contributed by atoms with van der Waals surface area (Å²) in [5.41, 5.74) is 3.17. The number of methoxy groups -OCH3 is 1. The van der Waals surface area contributed by atoms with E-state index in [1.165, 1.54) is 5.56 Å². The molecule has 0 aliphatic carbocycles. The maximum absolute atomic E-state index is 12.0. The summed E-state index contributed by atoms with van der Waals surface area (Å²) in [5, 5.41) is 5.76. The van der Waals surface area contributed by atoms with Crippen molar-refractivity contribution in [1.82, 2.24) is 5.32 Å². The number of anilines is 2. The lowest BCUT2D eigenvalue weighted by Gasteiger charge is -2.18. The highest BCUT2D eigenvalue weighted by atomic mass is 16.5. The molecule has 2 aromatic rings. The van der Waals surface area contributed by atoms with Crippen LogP contribution in [0.15, 0.2) is 54.6 Å². The molecular formula is C20H25N3O2. The molecule has 5 heteroatoms. The lowest BCUT2D eigenvalue weighted by molar-refractivity contribution is 0.121. The molecule has 5 nitrogen and oxygen atoms in total. The lowest BCUT2D eigenvalue weighted by atomic mass is 10.1. The highest BCUT2D eigenvalue weighted by Gasteiger charge is 2.21. The van der Waals surface area contributed by atoms with Gasteiger partial charge in [-0.15, -0.1) is 0 Å². The third-order valence-electron chi connectivity index (χ3n) is 4.51. The molecule has 132 valence electrons. The Hall–Kier alpha value is -2.53. The minimum Gasteiger partial charge on any atom is -0.380 e. The van der Waals surface area contributed by atoms with Crippen LogP contribution in [0.3, 0.4) is 0 Å². The number of carbonyl (C=O) groups excluding carboxylic acids is 1. The summed E-state index contributed by atoms with van der Waals surface area (Å²) < 4.78 is 5.40. The zero-order valence-electron chi connectivity index (χ0n) is 14.6. The van der Waals surface area contributed by atoms with E-state index >= 15 is 0 Å². The third-order valence-corrected chi connectivity index (χ3v) is 4.51. The predicted octanol–water partition coefficient (Wildman–Crippen LogP) is 3.28. The largest absolute Gasteiger partial charge is 0.380 e. The predicted molar refractivity (Wildman–Crippen MR) is 101 cm³/mol.